The van der Waals surface area contributed by atoms with Crippen LogP contribution in [0.4, 0.5) is 16.2 Å². The van der Waals surface area contributed by atoms with Gasteiger partial charge >= 0.3 is 6.03 Å². The number of aromatic amines is 1. The summed E-state index contributed by atoms with van der Waals surface area (Å²) in [7, 11) is 1.56. The highest BCUT2D eigenvalue weighted by Gasteiger charge is 2.10. The second kappa shape index (κ2) is 6.18. The molecule has 1 heterocycles. The largest absolute Gasteiger partial charge is 0.497 e. The number of nitrogens with zero attached hydrogens (tertiary/aromatic N) is 2. The fraction of sp³-hybridized carbons (Fsp3) is 0.0625. The van der Waals surface area contributed by atoms with E-state index in [1.165, 1.54) is 0 Å². The van der Waals surface area contributed by atoms with E-state index in [0.717, 1.165) is 5.52 Å². The molecule has 23 heavy (non-hydrogen) atoms. The van der Waals surface area contributed by atoms with Gasteiger partial charge in [0, 0.05) is 11.1 Å². The molecule has 0 fully saturated rings. The van der Waals surface area contributed by atoms with E-state index in [2.05, 4.69) is 20.5 Å². The number of carbonyl (C=O) groups excluding carboxylic acids is 1. The molecule has 3 N–H and O–H groups in total. The smallest absolute Gasteiger partial charge is 0.364 e. The van der Waals surface area contributed by atoms with Crippen LogP contribution in [0.15, 0.2) is 58.8 Å². The molecule has 0 unspecified atom stereocenters. The van der Waals surface area contributed by atoms with Crippen molar-refractivity contribution >= 4 is 28.3 Å². The van der Waals surface area contributed by atoms with Gasteiger partial charge in [0.05, 0.1) is 12.6 Å². The number of hydrogen-bond acceptors (Lipinski definition) is 4. The van der Waals surface area contributed by atoms with E-state index in [-0.39, 0.29) is 11.6 Å². The minimum absolute atomic E-state index is 0.132. The summed E-state index contributed by atoms with van der Waals surface area (Å²) in [5.41, 5.74) is 1.51. The number of benzene rings is 2. The molecular formula is C16H14N4O3. The second-order valence-corrected chi connectivity index (χ2v) is 4.73. The fourth-order valence-corrected chi connectivity index (χ4v) is 2.13. The molecule has 0 aliphatic carbocycles. The molecule has 0 saturated heterocycles. The highest BCUT2D eigenvalue weighted by molar-refractivity contribution is 5.95. The van der Waals surface area contributed by atoms with Crippen molar-refractivity contribution < 1.29 is 14.6 Å². The van der Waals surface area contributed by atoms with Gasteiger partial charge in [0.1, 0.15) is 5.75 Å². The second-order valence-electron chi connectivity index (χ2n) is 4.73. The Morgan fingerprint density at radius 1 is 1.17 bits per heavy atom. The highest BCUT2D eigenvalue weighted by atomic mass is 16.5. The van der Waals surface area contributed by atoms with Gasteiger partial charge in [0.15, 0.2) is 5.69 Å². The van der Waals surface area contributed by atoms with Gasteiger partial charge in [-0.3, -0.25) is 0 Å². The first-order chi connectivity index (χ1) is 11.2. The number of rotatable bonds is 3. The van der Waals surface area contributed by atoms with Gasteiger partial charge in [-0.25, -0.2) is 4.79 Å². The lowest BCUT2D eigenvalue weighted by molar-refractivity contribution is 0.258. The van der Waals surface area contributed by atoms with Gasteiger partial charge in [-0.2, -0.15) is 0 Å². The summed E-state index contributed by atoms with van der Waals surface area (Å²) in [4.78, 5) is 14.6. The number of hydrogen-bond donors (Lipinski definition) is 3. The lowest BCUT2D eigenvalue weighted by Gasteiger charge is -2.02. The van der Waals surface area contributed by atoms with Crippen LogP contribution >= 0.6 is 0 Å². The SMILES string of the molecule is COc1ccc(NC(=O)N=Nc2c(O)[nH]c3ccccc23)cc1. The number of fused-ring (bicyclic) bond motifs is 1. The van der Waals surface area contributed by atoms with Gasteiger partial charge in [-0.15, -0.1) is 5.11 Å². The van der Waals surface area contributed by atoms with Crippen molar-refractivity contribution in [3.63, 3.8) is 0 Å². The Morgan fingerprint density at radius 2 is 1.91 bits per heavy atom. The maximum Gasteiger partial charge on any atom is 0.364 e. The Bertz CT molecular complexity index is 869. The van der Waals surface area contributed by atoms with Gasteiger partial charge in [0.2, 0.25) is 5.88 Å². The summed E-state index contributed by atoms with van der Waals surface area (Å²) >= 11 is 0. The zero-order valence-electron chi connectivity index (χ0n) is 12.3. The van der Waals surface area contributed by atoms with Gasteiger partial charge < -0.3 is 20.1 Å². The summed E-state index contributed by atoms with van der Waals surface area (Å²) < 4.78 is 5.04. The van der Waals surface area contributed by atoms with Crippen LogP contribution in [-0.2, 0) is 0 Å². The zero-order valence-corrected chi connectivity index (χ0v) is 12.3. The number of aromatic hydroxyl groups is 1. The molecule has 7 heteroatoms. The van der Waals surface area contributed by atoms with Crippen molar-refractivity contribution in [3.8, 4) is 11.6 Å². The molecule has 0 bridgehead atoms. The van der Waals surface area contributed by atoms with Crippen LogP contribution in [0.25, 0.3) is 10.9 Å². The zero-order chi connectivity index (χ0) is 16.2. The Morgan fingerprint density at radius 3 is 2.65 bits per heavy atom. The summed E-state index contributed by atoms with van der Waals surface area (Å²) in [5.74, 6) is 0.556. The minimum Gasteiger partial charge on any atom is -0.497 e. The summed E-state index contributed by atoms with van der Waals surface area (Å²) in [6.07, 6.45) is 0. The van der Waals surface area contributed by atoms with Crippen LogP contribution < -0.4 is 10.1 Å². The molecule has 3 aromatic rings. The number of para-hydroxylation sites is 1. The molecule has 0 spiro atoms. The molecule has 2 amide bonds. The van der Waals surface area contributed by atoms with E-state index in [4.69, 9.17) is 4.74 Å². The number of urea groups is 1. The quantitative estimate of drug-likeness (QED) is 0.632. The van der Waals surface area contributed by atoms with Crippen LogP contribution in [-0.4, -0.2) is 23.2 Å². The predicted octanol–water partition coefficient (Wildman–Crippen LogP) is 4.20. The highest BCUT2D eigenvalue weighted by Crippen LogP contribution is 2.35. The van der Waals surface area contributed by atoms with Crippen LogP contribution in [0.5, 0.6) is 11.6 Å². The van der Waals surface area contributed by atoms with E-state index >= 15 is 0 Å². The van der Waals surface area contributed by atoms with Crippen LogP contribution in [0.3, 0.4) is 0 Å². The number of H-pyrrole nitrogens is 1. The van der Waals surface area contributed by atoms with Gasteiger partial charge in [-0.1, -0.05) is 23.3 Å². The van der Waals surface area contributed by atoms with Crippen LogP contribution in [0.2, 0.25) is 0 Å². The van der Waals surface area contributed by atoms with Crippen molar-refractivity contribution in [3.05, 3.63) is 48.5 Å². The molecule has 0 aliphatic heterocycles. The summed E-state index contributed by atoms with van der Waals surface area (Å²) in [6, 6.07) is 13.4. The third kappa shape index (κ3) is 3.13. The van der Waals surface area contributed by atoms with Gasteiger partial charge in [0.25, 0.3) is 0 Å². The summed E-state index contributed by atoms with van der Waals surface area (Å²) in [5, 5.41) is 20.5. The minimum atomic E-state index is -0.639. The molecule has 0 saturated carbocycles. The molecule has 1 aromatic heterocycles. The molecule has 116 valence electrons. The lowest BCUT2D eigenvalue weighted by atomic mass is 10.2. The molecule has 0 radical (unpaired) electrons. The van der Waals surface area contributed by atoms with E-state index < -0.39 is 6.03 Å². The molecule has 7 nitrogen and oxygen atoms in total. The van der Waals surface area contributed by atoms with Crippen molar-refractivity contribution in [1.29, 1.82) is 0 Å². The first-order valence-corrected chi connectivity index (χ1v) is 6.84. The maximum absolute atomic E-state index is 11.8. The number of nitrogens with one attached hydrogen (secondary N) is 2. The molecule has 0 atom stereocenters. The third-order valence-corrected chi connectivity index (χ3v) is 3.24. The van der Waals surface area contributed by atoms with Gasteiger partial charge in [-0.05, 0) is 30.3 Å². The summed E-state index contributed by atoms with van der Waals surface area (Å²) in [6.45, 7) is 0. The average Bonchev–Trinajstić information content (AvgIpc) is 2.89. The van der Waals surface area contributed by atoms with Crippen LogP contribution in [0.1, 0.15) is 0 Å². The normalized spacial score (nSPS) is 11.0. The van der Waals surface area contributed by atoms with Crippen molar-refractivity contribution in [2.75, 3.05) is 12.4 Å². The average molecular weight is 310 g/mol. The number of carbonyl (C=O) groups is 1. The number of amides is 2. The van der Waals surface area contributed by atoms with E-state index in [1.54, 1.807) is 43.5 Å². The van der Waals surface area contributed by atoms with Crippen LogP contribution in [0, 0.1) is 0 Å². The fourth-order valence-electron chi connectivity index (χ4n) is 2.13. The standard InChI is InChI=1S/C16H14N4O3/c1-23-11-8-6-10(7-9-11)17-16(22)20-19-14-12-4-2-3-5-13(12)18-15(14)21/h2-9,18,21H,1H3,(H,17,22). The number of aromatic nitrogens is 1. The molecular weight excluding hydrogens is 296 g/mol. The Kier molecular flexibility index (Phi) is 3.92. The molecule has 3 rings (SSSR count). The number of methoxy groups -OCH3 is 1. The number of azo groups is 1. The van der Waals surface area contributed by atoms with Crippen molar-refractivity contribution in [1.82, 2.24) is 4.98 Å². The monoisotopic (exact) mass is 310 g/mol. The van der Waals surface area contributed by atoms with E-state index in [0.29, 0.717) is 16.8 Å². The first-order valence-electron chi connectivity index (χ1n) is 6.84. The predicted molar refractivity (Wildman–Crippen MR) is 86.5 cm³/mol. The Labute approximate surface area is 131 Å². The van der Waals surface area contributed by atoms with E-state index in [1.807, 2.05) is 12.1 Å². The molecule has 2 aromatic carbocycles. The Balaban J connectivity index is 1.75. The van der Waals surface area contributed by atoms with E-state index in [9.17, 15) is 9.90 Å². The number of ether oxygens (including phenoxy) is 1. The first kappa shape index (κ1) is 14.6. The lowest BCUT2D eigenvalue weighted by Crippen LogP contribution is -2.04. The Hall–Kier alpha value is -3.35. The third-order valence-electron chi connectivity index (χ3n) is 3.24. The topological polar surface area (TPSA) is 99.1 Å². The van der Waals surface area contributed by atoms with Crippen molar-refractivity contribution in [2.45, 2.75) is 0 Å². The number of anilines is 1. The van der Waals surface area contributed by atoms with Crippen molar-refractivity contribution in [2.24, 2.45) is 10.2 Å². The maximum atomic E-state index is 11.8. The molecule has 0 aliphatic rings.